The van der Waals surface area contributed by atoms with Crippen LogP contribution >= 0.6 is 0 Å². The van der Waals surface area contributed by atoms with Crippen molar-refractivity contribution in [2.75, 3.05) is 13.1 Å². The highest BCUT2D eigenvalue weighted by molar-refractivity contribution is 6.06. The molecule has 0 aliphatic carbocycles. The molecule has 118 valence electrons. The molecule has 1 rings (SSSR count). The molecule has 3 N–H and O–H groups in total. The van der Waals surface area contributed by atoms with E-state index >= 15 is 0 Å². The SMILES string of the molecule is CC(CCNC(=O)CCN1C(=O)NC(C)(C)C1=O)C(=O)O. The van der Waals surface area contributed by atoms with Crippen molar-refractivity contribution in [2.24, 2.45) is 5.92 Å². The van der Waals surface area contributed by atoms with Crippen LogP contribution < -0.4 is 10.6 Å². The van der Waals surface area contributed by atoms with Gasteiger partial charge in [0.25, 0.3) is 5.91 Å². The third kappa shape index (κ3) is 4.44. The molecule has 8 nitrogen and oxygen atoms in total. The zero-order chi connectivity index (χ0) is 16.2. The third-order valence-corrected chi connectivity index (χ3v) is 3.33. The van der Waals surface area contributed by atoms with Crippen LogP contribution in [0.3, 0.4) is 0 Å². The fourth-order valence-corrected chi connectivity index (χ4v) is 1.87. The number of urea groups is 1. The Morgan fingerprint density at radius 1 is 1.38 bits per heavy atom. The first-order valence-electron chi connectivity index (χ1n) is 6.78. The summed E-state index contributed by atoms with van der Waals surface area (Å²) in [5.74, 6) is -2.12. The number of carbonyl (C=O) groups excluding carboxylic acids is 3. The summed E-state index contributed by atoms with van der Waals surface area (Å²) in [7, 11) is 0. The Morgan fingerprint density at radius 3 is 2.48 bits per heavy atom. The van der Waals surface area contributed by atoms with E-state index in [-0.39, 0.29) is 31.3 Å². The zero-order valence-electron chi connectivity index (χ0n) is 12.4. The van der Waals surface area contributed by atoms with Gasteiger partial charge in [-0.25, -0.2) is 4.79 Å². The second-order valence-electron chi connectivity index (χ2n) is 5.64. The topological polar surface area (TPSA) is 116 Å². The van der Waals surface area contributed by atoms with Crippen LogP contribution in [0.4, 0.5) is 4.79 Å². The van der Waals surface area contributed by atoms with E-state index in [9.17, 15) is 19.2 Å². The average molecular weight is 299 g/mol. The van der Waals surface area contributed by atoms with Gasteiger partial charge in [-0.3, -0.25) is 19.3 Å². The maximum absolute atomic E-state index is 11.9. The predicted octanol–water partition coefficient (Wildman–Crippen LogP) is -0.0661. The fourth-order valence-electron chi connectivity index (χ4n) is 1.87. The summed E-state index contributed by atoms with van der Waals surface area (Å²) in [5, 5.41) is 13.8. The molecule has 0 bridgehead atoms. The van der Waals surface area contributed by atoms with Crippen molar-refractivity contribution in [3.8, 4) is 0 Å². The van der Waals surface area contributed by atoms with Gasteiger partial charge in [-0.2, -0.15) is 0 Å². The van der Waals surface area contributed by atoms with E-state index in [4.69, 9.17) is 5.11 Å². The number of hydrogen-bond donors (Lipinski definition) is 3. The molecular formula is C13H21N3O5. The Balaban J connectivity index is 2.32. The number of imide groups is 1. The first-order valence-corrected chi connectivity index (χ1v) is 6.78. The quantitative estimate of drug-likeness (QED) is 0.569. The molecule has 1 fully saturated rings. The number of carboxylic acids is 1. The van der Waals surface area contributed by atoms with Gasteiger partial charge < -0.3 is 15.7 Å². The molecule has 0 aromatic rings. The average Bonchev–Trinajstić information content (AvgIpc) is 2.56. The number of nitrogens with one attached hydrogen (secondary N) is 2. The van der Waals surface area contributed by atoms with Crippen LogP contribution in [0.2, 0.25) is 0 Å². The highest BCUT2D eigenvalue weighted by Crippen LogP contribution is 2.16. The van der Waals surface area contributed by atoms with Crippen LogP contribution in [0.1, 0.15) is 33.6 Å². The van der Waals surface area contributed by atoms with Crippen molar-refractivity contribution in [3.05, 3.63) is 0 Å². The van der Waals surface area contributed by atoms with Crippen molar-refractivity contribution >= 4 is 23.8 Å². The Hall–Kier alpha value is -2.12. The number of carboxylic acid groups (broad SMARTS) is 1. The van der Waals surface area contributed by atoms with Crippen LogP contribution in [0.25, 0.3) is 0 Å². The minimum atomic E-state index is -0.940. The van der Waals surface area contributed by atoms with Gasteiger partial charge >= 0.3 is 12.0 Å². The summed E-state index contributed by atoms with van der Waals surface area (Å²) < 4.78 is 0. The van der Waals surface area contributed by atoms with E-state index in [1.807, 2.05) is 0 Å². The lowest BCUT2D eigenvalue weighted by Gasteiger charge is -2.15. The van der Waals surface area contributed by atoms with Gasteiger partial charge in [-0.1, -0.05) is 6.92 Å². The molecule has 0 aromatic heterocycles. The molecule has 1 saturated heterocycles. The van der Waals surface area contributed by atoms with Crippen LogP contribution in [0, 0.1) is 5.92 Å². The number of rotatable bonds is 7. The van der Waals surface area contributed by atoms with E-state index in [0.29, 0.717) is 6.42 Å². The lowest BCUT2D eigenvalue weighted by Crippen LogP contribution is -2.40. The van der Waals surface area contributed by atoms with Gasteiger partial charge in [0.2, 0.25) is 5.91 Å². The molecule has 1 aliphatic rings. The maximum Gasteiger partial charge on any atom is 0.325 e. The van der Waals surface area contributed by atoms with Gasteiger partial charge in [0, 0.05) is 19.5 Å². The Morgan fingerprint density at radius 2 is 2.00 bits per heavy atom. The number of nitrogens with zero attached hydrogens (tertiary/aromatic N) is 1. The number of amides is 4. The first-order chi connectivity index (χ1) is 9.65. The Bertz CT molecular complexity index is 461. The van der Waals surface area contributed by atoms with Gasteiger partial charge in [-0.05, 0) is 20.3 Å². The van der Waals surface area contributed by atoms with Crippen molar-refractivity contribution in [1.29, 1.82) is 0 Å². The number of carbonyl (C=O) groups is 4. The molecule has 4 amide bonds. The van der Waals surface area contributed by atoms with Crippen LogP contribution in [0.5, 0.6) is 0 Å². The second-order valence-corrected chi connectivity index (χ2v) is 5.64. The van der Waals surface area contributed by atoms with Crippen LogP contribution in [-0.4, -0.2) is 52.4 Å². The maximum atomic E-state index is 11.9. The minimum Gasteiger partial charge on any atom is -0.481 e. The lowest BCUT2D eigenvalue weighted by molar-refractivity contribution is -0.141. The van der Waals surface area contributed by atoms with Crippen LogP contribution in [0.15, 0.2) is 0 Å². The van der Waals surface area contributed by atoms with E-state index in [0.717, 1.165) is 4.90 Å². The number of hydrogen-bond acceptors (Lipinski definition) is 4. The minimum absolute atomic E-state index is 0.00328. The molecule has 0 radical (unpaired) electrons. The largest absolute Gasteiger partial charge is 0.481 e. The first kappa shape index (κ1) is 16.9. The molecule has 1 heterocycles. The second kappa shape index (κ2) is 6.55. The zero-order valence-corrected chi connectivity index (χ0v) is 12.4. The Labute approximate surface area is 122 Å². The van der Waals surface area contributed by atoms with Crippen molar-refractivity contribution < 1.29 is 24.3 Å². The molecule has 8 heteroatoms. The molecule has 1 aliphatic heterocycles. The predicted molar refractivity (Wildman–Crippen MR) is 73.4 cm³/mol. The highest BCUT2D eigenvalue weighted by Gasteiger charge is 2.43. The van der Waals surface area contributed by atoms with Crippen LogP contribution in [-0.2, 0) is 14.4 Å². The van der Waals surface area contributed by atoms with Crippen molar-refractivity contribution in [1.82, 2.24) is 15.5 Å². The van der Waals surface area contributed by atoms with Gasteiger partial charge in [0.15, 0.2) is 0 Å². The summed E-state index contributed by atoms with van der Waals surface area (Å²) in [5.41, 5.74) is -0.940. The Kier molecular flexibility index (Phi) is 5.28. The molecule has 21 heavy (non-hydrogen) atoms. The fraction of sp³-hybridized carbons (Fsp3) is 0.692. The normalized spacial score (nSPS) is 18.3. The van der Waals surface area contributed by atoms with E-state index < -0.39 is 23.5 Å². The monoisotopic (exact) mass is 299 g/mol. The van der Waals surface area contributed by atoms with E-state index in [2.05, 4.69) is 10.6 Å². The van der Waals surface area contributed by atoms with Crippen molar-refractivity contribution in [3.63, 3.8) is 0 Å². The standard InChI is InChI=1S/C13H21N3O5/c1-8(10(18)19)4-6-14-9(17)5-7-16-11(20)13(2,3)15-12(16)21/h8H,4-7H2,1-3H3,(H,14,17)(H,15,21)(H,18,19). The summed E-state index contributed by atoms with van der Waals surface area (Å²) in [4.78, 5) is 46.7. The molecule has 1 atom stereocenters. The number of aliphatic carboxylic acids is 1. The summed E-state index contributed by atoms with van der Waals surface area (Å²) in [6, 6.07) is -0.503. The summed E-state index contributed by atoms with van der Waals surface area (Å²) in [6.45, 7) is 5.01. The molecular weight excluding hydrogens is 278 g/mol. The summed E-state index contributed by atoms with van der Waals surface area (Å²) >= 11 is 0. The molecule has 0 saturated carbocycles. The van der Waals surface area contributed by atoms with E-state index in [1.165, 1.54) is 0 Å². The van der Waals surface area contributed by atoms with Crippen molar-refractivity contribution in [2.45, 2.75) is 39.2 Å². The molecule has 0 aromatic carbocycles. The third-order valence-electron chi connectivity index (χ3n) is 3.33. The molecule has 1 unspecified atom stereocenters. The summed E-state index contributed by atoms with van der Waals surface area (Å²) in [6.07, 6.45) is 0.327. The highest BCUT2D eigenvalue weighted by atomic mass is 16.4. The van der Waals surface area contributed by atoms with Gasteiger partial charge in [-0.15, -0.1) is 0 Å². The van der Waals surface area contributed by atoms with E-state index in [1.54, 1.807) is 20.8 Å². The smallest absolute Gasteiger partial charge is 0.325 e. The van der Waals surface area contributed by atoms with Gasteiger partial charge in [0.1, 0.15) is 5.54 Å². The van der Waals surface area contributed by atoms with Gasteiger partial charge in [0.05, 0.1) is 5.92 Å². The molecule has 0 spiro atoms. The lowest BCUT2D eigenvalue weighted by atomic mass is 10.1.